The number of aromatic nitrogens is 1. The lowest BCUT2D eigenvalue weighted by atomic mass is 10.0. The molecule has 1 fully saturated rings. The maximum atomic E-state index is 13.5. The lowest BCUT2D eigenvalue weighted by Gasteiger charge is -2.30. The van der Waals surface area contributed by atoms with Gasteiger partial charge in [0.1, 0.15) is 5.57 Å². The molecule has 1 aromatic heterocycles. The Hall–Kier alpha value is -3.75. The average molecular weight is 508 g/mol. The Kier molecular flexibility index (Phi) is 6.36. The molecule has 0 radical (unpaired) electrons. The van der Waals surface area contributed by atoms with Gasteiger partial charge in [-0.05, 0) is 93.0 Å². The van der Waals surface area contributed by atoms with Gasteiger partial charge in [-0.15, -0.1) is 0 Å². The van der Waals surface area contributed by atoms with Crippen molar-refractivity contribution in [3.8, 4) is 5.69 Å². The summed E-state index contributed by atoms with van der Waals surface area (Å²) in [7, 11) is 0. The van der Waals surface area contributed by atoms with Crippen molar-refractivity contribution < 1.29 is 19.5 Å². The number of nitrogens with zero attached hydrogens (tertiary/aromatic N) is 2. The maximum Gasteiger partial charge on any atom is 0.337 e. The van der Waals surface area contributed by atoms with Crippen LogP contribution in [0, 0.1) is 27.7 Å². The first-order valence-corrected chi connectivity index (χ1v) is 11.5. The van der Waals surface area contributed by atoms with Gasteiger partial charge in [-0.25, -0.2) is 4.79 Å². The fourth-order valence-electron chi connectivity index (χ4n) is 4.16. The lowest BCUT2D eigenvalue weighted by Crippen LogP contribution is -2.54. The maximum absolute atomic E-state index is 13.5. The largest absolute Gasteiger partial charge is 0.478 e. The Morgan fingerprint density at radius 3 is 2.49 bits per heavy atom. The summed E-state index contributed by atoms with van der Waals surface area (Å²) in [5.74, 6) is -2.23. The lowest BCUT2D eigenvalue weighted by molar-refractivity contribution is -0.122. The molecular weight excluding hydrogens is 486 g/mol. The number of halogens is 1. The summed E-state index contributed by atoms with van der Waals surface area (Å²) in [4.78, 5) is 39.1. The van der Waals surface area contributed by atoms with Gasteiger partial charge in [-0.2, -0.15) is 0 Å². The van der Waals surface area contributed by atoms with Crippen LogP contribution < -0.4 is 10.2 Å². The van der Waals surface area contributed by atoms with Crippen LogP contribution >= 0.6 is 23.8 Å². The quantitative estimate of drug-likeness (QED) is 0.298. The first kappa shape index (κ1) is 24.4. The van der Waals surface area contributed by atoms with Gasteiger partial charge >= 0.3 is 5.97 Å². The Morgan fingerprint density at radius 2 is 1.80 bits per heavy atom. The fourth-order valence-corrected chi connectivity index (χ4v) is 4.63. The molecule has 1 saturated heterocycles. The normalized spacial score (nSPS) is 15.1. The highest BCUT2D eigenvalue weighted by atomic mass is 35.5. The number of benzene rings is 2. The van der Waals surface area contributed by atoms with E-state index in [0.717, 1.165) is 22.5 Å². The van der Waals surface area contributed by atoms with Gasteiger partial charge in [-0.3, -0.25) is 19.8 Å². The Morgan fingerprint density at radius 1 is 1.09 bits per heavy atom. The number of carbonyl (C=O) groups is 3. The van der Waals surface area contributed by atoms with E-state index in [0.29, 0.717) is 16.9 Å². The molecule has 7 nitrogen and oxygen atoms in total. The van der Waals surface area contributed by atoms with Crippen molar-refractivity contribution in [1.82, 2.24) is 9.88 Å². The molecule has 0 unspecified atom stereocenters. The Bertz CT molecular complexity index is 1470. The number of hydrogen-bond acceptors (Lipinski definition) is 4. The van der Waals surface area contributed by atoms with E-state index in [9.17, 15) is 19.5 Å². The standard InChI is InChI=1S/C26H22ClN3O4S/c1-13-6-5-7-22(15(13)3)30-24(32)20(23(31)28-26(30)35)11-17-10-14(2)29(16(17)4)18-8-9-21(27)19(12-18)25(33)34/h5-12H,1-4H3,(H,33,34)(H,28,31,35). The molecule has 1 aliphatic rings. The number of nitrogens with one attached hydrogen (secondary N) is 1. The zero-order valence-corrected chi connectivity index (χ0v) is 21.0. The molecule has 4 rings (SSSR count). The van der Waals surface area contributed by atoms with Crippen LogP contribution in [0.3, 0.4) is 0 Å². The van der Waals surface area contributed by atoms with Crippen LogP contribution in [-0.4, -0.2) is 32.6 Å². The summed E-state index contributed by atoms with van der Waals surface area (Å²) in [5.41, 5.74) is 5.17. The third kappa shape index (κ3) is 4.26. The van der Waals surface area contributed by atoms with E-state index in [4.69, 9.17) is 23.8 Å². The third-order valence-corrected chi connectivity index (χ3v) is 6.74. The second-order valence-electron chi connectivity index (χ2n) is 8.31. The molecule has 2 heterocycles. The smallest absolute Gasteiger partial charge is 0.337 e. The minimum atomic E-state index is -1.13. The van der Waals surface area contributed by atoms with Gasteiger partial charge < -0.3 is 9.67 Å². The molecule has 3 aromatic rings. The third-order valence-electron chi connectivity index (χ3n) is 6.13. The number of hydrogen-bond donors (Lipinski definition) is 2. The molecule has 2 amide bonds. The van der Waals surface area contributed by atoms with Crippen molar-refractivity contribution in [2.75, 3.05) is 4.90 Å². The van der Waals surface area contributed by atoms with Crippen LogP contribution in [0.25, 0.3) is 11.8 Å². The summed E-state index contributed by atoms with van der Waals surface area (Å²) < 4.78 is 1.84. The van der Waals surface area contributed by atoms with Crippen LogP contribution in [-0.2, 0) is 9.59 Å². The second-order valence-corrected chi connectivity index (χ2v) is 9.10. The summed E-state index contributed by atoms with van der Waals surface area (Å²) in [6.45, 7) is 7.51. The van der Waals surface area contributed by atoms with E-state index in [1.165, 1.54) is 23.1 Å². The van der Waals surface area contributed by atoms with E-state index in [2.05, 4.69) is 5.32 Å². The number of aryl methyl sites for hydroxylation is 2. The molecule has 0 atom stereocenters. The number of rotatable bonds is 4. The van der Waals surface area contributed by atoms with Gasteiger partial charge in [0, 0.05) is 17.1 Å². The first-order chi connectivity index (χ1) is 16.5. The van der Waals surface area contributed by atoms with Crippen molar-refractivity contribution in [2.24, 2.45) is 0 Å². The van der Waals surface area contributed by atoms with Crippen molar-refractivity contribution in [3.05, 3.63) is 86.7 Å². The van der Waals surface area contributed by atoms with E-state index >= 15 is 0 Å². The molecule has 0 spiro atoms. The zero-order chi connectivity index (χ0) is 25.6. The zero-order valence-electron chi connectivity index (χ0n) is 19.5. The molecule has 0 aliphatic carbocycles. The first-order valence-electron chi connectivity index (χ1n) is 10.7. The molecule has 2 N–H and O–H groups in total. The number of thiocarbonyl (C=S) groups is 1. The van der Waals surface area contributed by atoms with E-state index in [1.54, 1.807) is 12.1 Å². The predicted octanol–water partition coefficient (Wildman–Crippen LogP) is 4.89. The van der Waals surface area contributed by atoms with Crippen LogP contribution in [0.2, 0.25) is 5.02 Å². The molecular formula is C26H22ClN3O4S. The SMILES string of the molecule is Cc1cccc(N2C(=O)C(=Cc3cc(C)n(-c4ccc(Cl)c(C(=O)O)c4)c3C)C(=O)NC2=S)c1C. The number of carboxylic acids is 1. The average Bonchev–Trinajstić information content (AvgIpc) is 3.07. The van der Waals surface area contributed by atoms with Gasteiger partial charge in [0.15, 0.2) is 5.11 Å². The molecule has 1 aliphatic heterocycles. The Labute approximate surface area is 212 Å². The van der Waals surface area contributed by atoms with Gasteiger partial charge in [0.25, 0.3) is 11.8 Å². The van der Waals surface area contributed by atoms with E-state index in [-0.39, 0.29) is 21.3 Å². The van der Waals surface area contributed by atoms with Crippen LogP contribution in [0.4, 0.5) is 5.69 Å². The van der Waals surface area contributed by atoms with Crippen molar-refractivity contribution in [3.63, 3.8) is 0 Å². The number of amides is 2. The predicted molar refractivity (Wildman–Crippen MR) is 139 cm³/mol. The molecule has 35 heavy (non-hydrogen) atoms. The highest BCUT2D eigenvalue weighted by Gasteiger charge is 2.35. The van der Waals surface area contributed by atoms with Crippen LogP contribution in [0.5, 0.6) is 0 Å². The van der Waals surface area contributed by atoms with Gasteiger partial charge in [-0.1, -0.05) is 23.7 Å². The van der Waals surface area contributed by atoms with Crippen LogP contribution in [0.15, 0.2) is 48.0 Å². The molecule has 9 heteroatoms. The summed E-state index contributed by atoms with van der Waals surface area (Å²) in [6.07, 6.45) is 1.53. The van der Waals surface area contributed by atoms with Crippen molar-refractivity contribution >= 4 is 58.5 Å². The summed E-state index contributed by atoms with van der Waals surface area (Å²) in [5, 5.41) is 12.2. The van der Waals surface area contributed by atoms with E-state index < -0.39 is 17.8 Å². The fraction of sp³-hybridized carbons (Fsp3) is 0.154. The number of carbonyl (C=O) groups excluding carboxylic acids is 2. The van der Waals surface area contributed by atoms with Gasteiger partial charge in [0.2, 0.25) is 0 Å². The molecule has 0 bridgehead atoms. The molecule has 178 valence electrons. The minimum absolute atomic E-state index is 0.0175. The highest BCUT2D eigenvalue weighted by molar-refractivity contribution is 7.80. The van der Waals surface area contributed by atoms with Gasteiger partial charge in [0.05, 0.1) is 16.3 Å². The Balaban J connectivity index is 1.80. The van der Waals surface area contributed by atoms with Crippen molar-refractivity contribution in [1.29, 1.82) is 0 Å². The molecule has 0 saturated carbocycles. The topological polar surface area (TPSA) is 91.6 Å². The number of anilines is 1. The van der Waals surface area contributed by atoms with E-state index in [1.807, 2.05) is 50.5 Å². The van der Waals surface area contributed by atoms with Crippen molar-refractivity contribution in [2.45, 2.75) is 27.7 Å². The van der Waals surface area contributed by atoms with Crippen LogP contribution in [0.1, 0.15) is 38.4 Å². The molecule has 2 aromatic carbocycles. The summed E-state index contributed by atoms with van der Waals surface area (Å²) in [6, 6.07) is 12.1. The minimum Gasteiger partial charge on any atom is -0.478 e. The number of aromatic carboxylic acids is 1. The highest BCUT2D eigenvalue weighted by Crippen LogP contribution is 2.29. The number of carboxylic acid groups (broad SMARTS) is 1. The monoisotopic (exact) mass is 507 g/mol. The summed E-state index contributed by atoms with van der Waals surface area (Å²) >= 11 is 11.3. The second kappa shape index (κ2) is 9.13.